The van der Waals surface area contributed by atoms with Gasteiger partial charge in [0.05, 0.1) is 5.02 Å². The first-order valence-electron chi connectivity index (χ1n) is 6.25. The summed E-state index contributed by atoms with van der Waals surface area (Å²) in [6, 6.07) is 1.47. The molecule has 1 aromatic rings. The van der Waals surface area contributed by atoms with Crippen LogP contribution in [0.5, 0.6) is 0 Å². The van der Waals surface area contributed by atoms with Crippen molar-refractivity contribution in [2.24, 2.45) is 5.41 Å². The molecule has 0 radical (unpaired) electrons. The summed E-state index contributed by atoms with van der Waals surface area (Å²) in [4.78, 5) is 25.0. The first-order valence-corrected chi connectivity index (χ1v) is 7.01. The number of carbonyl (C=O) groups is 2. The highest BCUT2D eigenvalue weighted by Gasteiger charge is 2.19. The molecule has 0 bridgehead atoms. The lowest BCUT2D eigenvalue weighted by Crippen LogP contribution is -2.28. The van der Waals surface area contributed by atoms with Crippen LogP contribution in [0.1, 0.15) is 43.6 Å². The molecule has 1 aromatic heterocycles. The van der Waals surface area contributed by atoms with Crippen molar-refractivity contribution in [1.29, 1.82) is 0 Å². The molecular weight excluding hydrogens is 303 g/mol. The number of H-pyrrole nitrogens is 1. The second-order valence-electron chi connectivity index (χ2n) is 5.41. The summed E-state index contributed by atoms with van der Waals surface area (Å²) in [6.07, 6.45) is 1.38. The maximum Gasteiger partial charge on any atom is 0.303 e. The summed E-state index contributed by atoms with van der Waals surface area (Å²) < 4.78 is 0. The van der Waals surface area contributed by atoms with Crippen LogP contribution in [0.25, 0.3) is 0 Å². The van der Waals surface area contributed by atoms with Crippen LogP contribution in [0.2, 0.25) is 10.2 Å². The van der Waals surface area contributed by atoms with Crippen LogP contribution in [0.4, 0.5) is 0 Å². The molecule has 0 saturated carbocycles. The van der Waals surface area contributed by atoms with Crippen molar-refractivity contribution in [3.8, 4) is 0 Å². The number of halogens is 2. The molecule has 1 heterocycles. The molecule has 3 N–H and O–H groups in total. The Hall–Kier alpha value is -1.20. The lowest BCUT2D eigenvalue weighted by Gasteiger charge is -2.23. The van der Waals surface area contributed by atoms with E-state index in [9.17, 15) is 9.59 Å². The molecule has 112 valence electrons. The first-order chi connectivity index (χ1) is 9.21. The van der Waals surface area contributed by atoms with Gasteiger partial charge in [0.2, 0.25) is 0 Å². The molecule has 0 aliphatic carbocycles. The summed E-state index contributed by atoms with van der Waals surface area (Å²) in [7, 11) is 0. The van der Waals surface area contributed by atoms with Crippen LogP contribution in [0.3, 0.4) is 0 Å². The third kappa shape index (κ3) is 5.43. The van der Waals surface area contributed by atoms with Gasteiger partial charge in [-0.05, 0) is 24.3 Å². The van der Waals surface area contributed by atoms with Crippen LogP contribution >= 0.6 is 23.2 Å². The van der Waals surface area contributed by atoms with Gasteiger partial charge in [-0.2, -0.15) is 0 Å². The van der Waals surface area contributed by atoms with Gasteiger partial charge in [-0.15, -0.1) is 0 Å². The number of carbonyl (C=O) groups excluding carboxylic acids is 1. The largest absolute Gasteiger partial charge is 0.481 e. The summed E-state index contributed by atoms with van der Waals surface area (Å²) in [5, 5.41) is 12.0. The van der Waals surface area contributed by atoms with Crippen molar-refractivity contribution in [3.05, 3.63) is 21.9 Å². The third-order valence-electron chi connectivity index (χ3n) is 3.07. The highest BCUT2D eigenvalue weighted by atomic mass is 35.5. The SMILES string of the molecule is CC(C)(CCNC(=O)c1cc(Cl)c(Cl)[nH]1)CCC(=O)O. The minimum absolute atomic E-state index is 0.128. The number of rotatable bonds is 7. The van der Waals surface area contributed by atoms with Crippen molar-refractivity contribution in [2.75, 3.05) is 6.54 Å². The van der Waals surface area contributed by atoms with E-state index in [0.717, 1.165) is 0 Å². The summed E-state index contributed by atoms with van der Waals surface area (Å²) in [6.45, 7) is 4.41. The van der Waals surface area contributed by atoms with E-state index in [1.54, 1.807) is 0 Å². The standard InChI is InChI=1S/C13H18Cl2N2O3/c1-13(2,4-3-10(18)19)5-6-16-12(20)9-7-8(14)11(15)17-9/h7,17H,3-6H2,1-2H3,(H,16,20)(H,18,19). The van der Waals surface area contributed by atoms with Crippen molar-refractivity contribution in [2.45, 2.75) is 33.1 Å². The maximum atomic E-state index is 11.8. The van der Waals surface area contributed by atoms with Crippen LogP contribution in [0, 0.1) is 5.41 Å². The number of aromatic nitrogens is 1. The number of aliphatic carboxylic acids is 1. The minimum atomic E-state index is -0.808. The predicted octanol–water partition coefficient (Wildman–Crippen LogP) is 3.33. The molecule has 0 fully saturated rings. The zero-order valence-electron chi connectivity index (χ0n) is 11.4. The Balaban J connectivity index is 2.40. The Morgan fingerprint density at radius 1 is 1.35 bits per heavy atom. The van der Waals surface area contributed by atoms with E-state index in [1.807, 2.05) is 13.8 Å². The number of hydrogen-bond acceptors (Lipinski definition) is 2. The van der Waals surface area contributed by atoms with E-state index in [-0.39, 0.29) is 22.9 Å². The Kier molecular flexibility index (Phi) is 5.89. The number of hydrogen-bond donors (Lipinski definition) is 3. The number of nitrogens with one attached hydrogen (secondary N) is 2. The van der Waals surface area contributed by atoms with Gasteiger partial charge in [0.15, 0.2) is 0 Å². The van der Waals surface area contributed by atoms with Gasteiger partial charge in [0.1, 0.15) is 10.8 Å². The molecule has 0 aliphatic rings. The van der Waals surface area contributed by atoms with Crippen LogP contribution in [-0.4, -0.2) is 28.5 Å². The van der Waals surface area contributed by atoms with Crippen molar-refractivity contribution >= 4 is 35.1 Å². The van der Waals surface area contributed by atoms with Gasteiger partial charge in [0, 0.05) is 13.0 Å². The summed E-state index contributed by atoms with van der Waals surface area (Å²) >= 11 is 11.5. The van der Waals surface area contributed by atoms with E-state index in [1.165, 1.54) is 6.07 Å². The minimum Gasteiger partial charge on any atom is -0.481 e. The van der Waals surface area contributed by atoms with E-state index < -0.39 is 5.97 Å². The van der Waals surface area contributed by atoms with Crippen molar-refractivity contribution < 1.29 is 14.7 Å². The average molecular weight is 321 g/mol. The fourth-order valence-electron chi connectivity index (χ4n) is 1.71. The Morgan fingerprint density at radius 2 is 2.00 bits per heavy atom. The van der Waals surface area contributed by atoms with Gasteiger partial charge in [-0.1, -0.05) is 37.0 Å². The van der Waals surface area contributed by atoms with Crippen molar-refractivity contribution in [3.63, 3.8) is 0 Å². The molecule has 1 rings (SSSR count). The fourth-order valence-corrected chi connectivity index (χ4v) is 2.02. The second kappa shape index (κ2) is 6.99. The van der Waals surface area contributed by atoms with Gasteiger partial charge >= 0.3 is 5.97 Å². The second-order valence-corrected chi connectivity index (χ2v) is 6.19. The Morgan fingerprint density at radius 3 is 2.50 bits per heavy atom. The topological polar surface area (TPSA) is 82.2 Å². The van der Waals surface area contributed by atoms with Crippen molar-refractivity contribution in [1.82, 2.24) is 10.3 Å². The molecule has 0 spiro atoms. The zero-order chi connectivity index (χ0) is 15.3. The lowest BCUT2D eigenvalue weighted by molar-refractivity contribution is -0.137. The molecule has 20 heavy (non-hydrogen) atoms. The molecular formula is C13H18Cl2N2O3. The number of aromatic amines is 1. The predicted molar refractivity (Wildman–Crippen MR) is 78.4 cm³/mol. The highest BCUT2D eigenvalue weighted by Crippen LogP contribution is 2.26. The Bertz CT molecular complexity index is 478. The van der Waals surface area contributed by atoms with Crippen LogP contribution in [0.15, 0.2) is 6.07 Å². The molecule has 0 aromatic carbocycles. The summed E-state index contributed by atoms with van der Waals surface area (Å²) in [5.74, 6) is -1.09. The molecule has 0 saturated heterocycles. The third-order valence-corrected chi connectivity index (χ3v) is 3.77. The van der Waals surface area contributed by atoms with E-state index in [2.05, 4.69) is 10.3 Å². The number of carboxylic acids is 1. The van der Waals surface area contributed by atoms with E-state index in [4.69, 9.17) is 28.3 Å². The highest BCUT2D eigenvalue weighted by molar-refractivity contribution is 6.41. The molecule has 5 nitrogen and oxygen atoms in total. The van der Waals surface area contributed by atoms with Gasteiger partial charge < -0.3 is 15.4 Å². The van der Waals surface area contributed by atoms with E-state index in [0.29, 0.717) is 30.1 Å². The van der Waals surface area contributed by atoms with Crippen LogP contribution in [-0.2, 0) is 4.79 Å². The summed E-state index contributed by atoms with van der Waals surface area (Å²) in [5.41, 5.74) is 0.166. The van der Waals surface area contributed by atoms with Gasteiger partial charge in [0.25, 0.3) is 5.91 Å². The molecule has 7 heteroatoms. The monoisotopic (exact) mass is 320 g/mol. The maximum absolute atomic E-state index is 11.8. The molecule has 0 atom stereocenters. The molecule has 0 aliphatic heterocycles. The number of amides is 1. The lowest BCUT2D eigenvalue weighted by atomic mass is 9.84. The van der Waals surface area contributed by atoms with Gasteiger partial charge in [-0.25, -0.2) is 0 Å². The quantitative estimate of drug-likeness (QED) is 0.720. The zero-order valence-corrected chi connectivity index (χ0v) is 12.9. The number of carboxylic acid groups (broad SMARTS) is 1. The van der Waals surface area contributed by atoms with Crippen LogP contribution < -0.4 is 5.32 Å². The smallest absolute Gasteiger partial charge is 0.303 e. The van der Waals surface area contributed by atoms with Gasteiger partial charge in [-0.3, -0.25) is 9.59 Å². The molecule has 0 unspecified atom stereocenters. The van der Waals surface area contributed by atoms with E-state index >= 15 is 0 Å². The normalized spacial score (nSPS) is 11.4. The molecule has 1 amide bonds. The average Bonchev–Trinajstić information content (AvgIpc) is 2.67. The fraction of sp³-hybridized carbons (Fsp3) is 0.538. The first kappa shape index (κ1) is 16.9. The Labute approximate surface area is 127 Å².